The number of halogens is 3. The minimum atomic E-state index is -4.48. The molecule has 3 aromatic rings. The second-order valence-electron chi connectivity index (χ2n) is 8.25. The molecule has 2 heterocycles. The van der Waals surface area contributed by atoms with Gasteiger partial charge in [-0.25, -0.2) is 9.59 Å². The number of nitrogens with one attached hydrogen (secondary N) is 1. The summed E-state index contributed by atoms with van der Waals surface area (Å²) in [6.45, 7) is -0.204. The Morgan fingerprint density at radius 3 is 2.47 bits per heavy atom. The molecule has 2 aromatic heterocycles. The maximum Gasteiger partial charge on any atom is 0.506 e. The lowest BCUT2D eigenvalue weighted by molar-refractivity contribution is -0.137. The molecule has 0 amide bonds. The zero-order chi connectivity index (χ0) is 24.8. The lowest BCUT2D eigenvalue weighted by atomic mass is 10.1. The van der Waals surface area contributed by atoms with Crippen LogP contribution in [0, 0.1) is 0 Å². The van der Waals surface area contributed by atoms with Gasteiger partial charge in [0.25, 0.3) is 5.56 Å². The lowest BCUT2D eigenvalue weighted by Crippen LogP contribution is -2.39. The number of anilines is 1. The summed E-state index contributed by atoms with van der Waals surface area (Å²) >= 11 is 0. The second-order valence-corrected chi connectivity index (χ2v) is 8.25. The van der Waals surface area contributed by atoms with Gasteiger partial charge in [-0.1, -0.05) is 12.1 Å². The number of benzene rings is 1. The highest BCUT2D eigenvalue weighted by Crippen LogP contribution is 2.29. The zero-order valence-electron chi connectivity index (χ0n) is 18.3. The molecular weight excluding hydrogens is 459 g/mol. The lowest BCUT2D eigenvalue weighted by Gasteiger charge is -2.13. The molecule has 1 aromatic carbocycles. The molecule has 1 aliphatic carbocycles. The van der Waals surface area contributed by atoms with Gasteiger partial charge >= 0.3 is 18.0 Å². The number of aryl methyl sites for hydroxylation is 2. The molecule has 2 N–H and O–H groups in total. The van der Waals surface area contributed by atoms with E-state index < -0.39 is 35.2 Å². The van der Waals surface area contributed by atoms with Crippen molar-refractivity contribution in [2.45, 2.75) is 44.1 Å². The number of alkyl halides is 3. The van der Waals surface area contributed by atoms with Gasteiger partial charge in [-0.15, -0.1) is 0 Å². The first kappa shape index (κ1) is 23.4. The number of rotatable bonds is 5. The van der Waals surface area contributed by atoms with Crippen molar-refractivity contribution in [3.05, 3.63) is 56.2 Å². The summed E-state index contributed by atoms with van der Waals surface area (Å²) in [4.78, 5) is 41.2. The molecule has 0 spiro atoms. The normalized spacial score (nSPS) is 18.4. The number of fused-ring (bicyclic) bond motifs is 1. The standard InChI is InChI=1S/C21H22F3N5O5/c1-27-15-16(26-18(27)25-13-7-8-14(9-13)34-20(32)33)28(2)19(31)29(17(15)30)10-11-3-5-12(6-4-11)21(22,23)24/h3-6,13-14H,7-10H2,1-2H3,(H,25,26)(H,32,33)/t13-,14+/m0/s1. The van der Waals surface area contributed by atoms with Crippen LogP contribution < -0.4 is 16.6 Å². The highest BCUT2D eigenvalue weighted by atomic mass is 19.4. The average Bonchev–Trinajstić information content (AvgIpc) is 3.33. The van der Waals surface area contributed by atoms with Crippen LogP contribution in [0.2, 0.25) is 0 Å². The maximum atomic E-state index is 13.2. The van der Waals surface area contributed by atoms with E-state index in [-0.39, 0.29) is 23.8 Å². The molecule has 0 bridgehead atoms. The SMILES string of the molecule is Cn1c(N[C@H]2CC[C@@H](OC(=O)O)C2)nc2c1c(=O)n(Cc1ccc(C(F)(F)F)cc1)c(=O)n2C. The highest BCUT2D eigenvalue weighted by molar-refractivity contribution is 5.74. The third-order valence-corrected chi connectivity index (χ3v) is 5.97. The Balaban J connectivity index is 1.65. The molecule has 1 saturated carbocycles. The van der Waals surface area contributed by atoms with Crippen molar-refractivity contribution in [2.75, 3.05) is 5.32 Å². The van der Waals surface area contributed by atoms with Crippen LogP contribution in [-0.4, -0.2) is 42.1 Å². The summed E-state index contributed by atoms with van der Waals surface area (Å²) in [6.07, 6.45) is -4.63. The van der Waals surface area contributed by atoms with Crippen LogP contribution in [0.3, 0.4) is 0 Å². The fraction of sp³-hybridized carbons (Fsp3) is 0.429. The van der Waals surface area contributed by atoms with E-state index >= 15 is 0 Å². The minimum Gasteiger partial charge on any atom is -0.450 e. The Morgan fingerprint density at radius 2 is 1.85 bits per heavy atom. The molecular formula is C21H22F3N5O5. The summed E-state index contributed by atoms with van der Waals surface area (Å²) < 4.78 is 46.9. The predicted molar refractivity (Wildman–Crippen MR) is 115 cm³/mol. The number of hydrogen-bond acceptors (Lipinski definition) is 6. The largest absolute Gasteiger partial charge is 0.506 e. The van der Waals surface area contributed by atoms with Crippen LogP contribution in [0.5, 0.6) is 0 Å². The molecule has 4 rings (SSSR count). The van der Waals surface area contributed by atoms with Gasteiger partial charge in [0.15, 0.2) is 11.2 Å². The number of nitrogens with zero attached hydrogens (tertiary/aromatic N) is 4. The van der Waals surface area contributed by atoms with Crippen LogP contribution in [0.25, 0.3) is 11.2 Å². The zero-order valence-corrected chi connectivity index (χ0v) is 18.3. The number of hydrogen-bond donors (Lipinski definition) is 2. The first-order valence-corrected chi connectivity index (χ1v) is 10.4. The summed E-state index contributed by atoms with van der Waals surface area (Å²) in [6, 6.07) is 4.12. The number of aromatic nitrogens is 4. The fourth-order valence-electron chi connectivity index (χ4n) is 4.20. The van der Waals surface area contributed by atoms with E-state index in [2.05, 4.69) is 10.3 Å². The summed E-state index contributed by atoms with van der Waals surface area (Å²) in [5, 5.41) is 12.0. The Hall–Kier alpha value is -3.77. The molecule has 0 radical (unpaired) electrons. The number of carboxylic acid groups (broad SMARTS) is 1. The summed E-state index contributed by atoms with van der Waals surface area (Å²) in [5.74, 6) is 0.329. The van der Waals surface area contributed by atoms with E-state index in [4.69, 9.17) is 9.84 Å². The highest BCUT2D eigenvalue weighted by Gasteiger charge is 2.31. The van der Waals surface area contributed by atoms with Crippen LogP contribution >= 0.6 is 0 Å². The topological polar surface area (TPSA) is 120 Å². The quantitative estimate of drug-likeness (QED) is 0.538. The second kappa shape index (κ2) is 8.54. The van der Waals surface area contributed by atoms with Gasteiger partial charge in [0.1, 0.15) is 6.10 Å². The van der Waals surface area contributed by atoms with E-state index in [9.17, 15) is 27.6 Å². The van der Waals surface area contributed by atoms with Gasteiger partial charge in [-0.3, -0.25) is 13.9 Å². The van der Waals surface area contributed by atoms with Gasteiger partial charge in [-0.05, 0) is 30.5 Å². The molecule has 10 nitrogen and oxygen atoms in total. The van der Waals surface area contributed by atoms with Crippen LogP contribution in [0.1, 0.15) is 30.4 Å². The molecule has 0 saturated heterocycles. The Morgan fingerprint density at radius 1 is 1.18 bits per heavy atom. The van der Waals surface area contributed by atoms with Crippen molar-refractivity contribution in [1.29, 1.82) is 0 Å². The molecule has 0 aliphatic heterocycles. The average molecular weight is 481 g/mol. The van der Waals surface area contributed by atoms with Crippen LogP contribution in [0.4, 0.5) is 23.9 Å². The van der Waals surface area contributed by atoms with Crippen molar-refractivity contribution in [1.82, 2.24) is 18.7 Å². The number of carbonyl (C=O) groups is 1. The molecule has 1 aliphatic rings. The van der Waals surface area contributed by atoms with Gasteiger partial charge in [0.2, 0.25) is 5.95 Å². The van der Waals surface area contributed by atoms with Crippen molar-refractivity contribution in [3.63, 3.8) is 0 Å². The Labute approximate surface area is 190 Å². The van der Waals surface area contributed by atoms with Gasteiger partial charge in [-0.2, -0.15) is 18.2 Å². The van der Waals surface area contributed by atoms with Crippen LogP contribution in [-0.2, 0) is 31.6 Å². The van der Waals surface area contributed by atoms with E-state index in [1.54, 1.807) is 7.05 Å². The molecule has 34 heavy (non-hydrogen) atoms. The van der Waals surface area contributed by atoms with E-state index in [0.717, 1.165) is 16.7 Å². The van der Waals surface area contributed by atoms with E-state index in [0.29, 0.717) is 30.8 Å². The molecule has 2 atom stereocenters. The first-order valence-electron chi connectivity index (χ1n) is 10.4. The Kier molecular flexibility index (Phi) is 5.87. The number of ether oxygens (including phenoxy) is 1. The van der Waals surface area contributed by atoms with Crippen LogP contribution in [0.15, 0.2) is 33.9 Å². The third-order valence-electron chi connectivity index (χ3n) is 5.97. The predicted octanol–water partition coefficient (Wildman–Crippen LogP) is 2.53. The minimum absolute atomic E-state index is 0.133. The molecule has 13 heteroatoms. The van der Waals surface area contributed by atoms with Gasteiger partial charge in [0.05, 0.1) is 12.1 Å². The third kappa shape index (κ3) is 4.37. The molecule has 0 unspecified atom stereocenters. The number of imidazole rings is 1. The summed E-state index contributed by atoms with van der Waals surface area (Å²) in [7, 11) is 3.06. The fourth-order valence-corrected chi connectivity index (χ4v) is 4.20. The Bertz CT molecular complexity index is 1360. The van der Waals surface area contributed by atoms with Crippen molar-refractivity contribution in [3.8, 4) is 0 Å². The monoisotopic (exact) mass is 481 g/mol. The van der Waals surface area contributed by atoms with Gasteiger partial charge < -0.3 is 19.7 Å². The maximum absolute atomic E-state index is 13.2. The summed E-state index contributed by atoms with van der Waals surface area (Å²) in [5.41, 5.74) is -1.44. The van der Waals surface area contributed by atoms with Gasteiger partial charge in [0, 0.05) is 26.6 Å². The first-order chi connectivity index (χ1) is 16.0. The van der Waals surface area contributed by atoms with Crippen molar-refractivity contribution in [2.24, 2.45) is 14.1 Å². The van der Waals surface area contributed by atoms with E-state index in [1.807, 2.05) is 0 Å². The molecule has 182 valence electrons. The molecule has 1 fully saturated rings. The van der Waals surface area contributed by atoms with Crippen molar-refractivity contribution < 1.29 is 27.8 Å². The van der Waals surface area contributed by atoms with Crippen molar-refractivity contribution >= 4 is 23.3 Å². The smallest absolute Gasteiger partial charge is 0.450 e. The van der Waals surface area contributed by atoms with E-state index in [1.165, 1.54) is 28.3 Å².